The molecule has 0 radical (unpaired) electrons. The topological polar surface area (TPSA) is 52.0 Å². The van der Waals surface area contributed by atoms with Gasteiger partial charge in [-0.2, -0.15) is 0 Å². The number of imidazole rings is 1. The molecule has 1 rings (SSSR count). The van der Waals surface area contributed by atoms with Crippen molar-refractivity contribution in [3.8, 4) is 0 Å². The van der Waals surface area contributed by atoms with E-state index < -0.39 is 9.84 Å². The summed E-state index contributed by atoms with van der Waals surface area (Å²) in [5.74, 6) is 0. The summed E-state index contributed by atoms with van der Waals surface area (Å²) >= 11 is 4.07. The van der Waals surface area contributed by atoms with Gasteiger partial charge in [0.25, 0.3) is 0 Å². The van der Waals surface area contributed by atoms with Crippen molar-refractivity contribution < 1.29 is 8.42 Å². The molecule has 0 aliphatic carbocycles. The molecule has 1 heterocycles. The quantitative estimate of drug-likeness (QED) is 0.648. The fraction of sp³-hybridized carbons (Fsp3) is 0.400. The number of hydrogen-bond acceptors (Lipinski definition) is 3. The molecule has 0 unspecified atom stereocenters. The van der Waals surface area contributed by atoms with Crippen LogP contribution in [0.2, 0.25) is 0 Å². The standard InChI is InChI=1S/C5H6I2N2O2S/c1-9-4(7)3(6)8-5(9)12(2,10)11/h1-2H3. The first-order valence-electron chi connectivity index (χ1n) is 2.92. The van der Waals surface area contributed by atoms with Crippen LogP contribution in [0.5, 0.6) is 0 Å². The van der Waals surface area contributed by atoms with Crippen molar-refractivity contribution in [3.63, 3.8) is 0 Å². The second kappa shape index (κ2) is 3.40. The Morgan fingerprint density at radius 1 is 1.42 bits per heavy atom. The summed E-state index contributed by atoms with van der Waals surface area (Å²) in [5, 5.41) is 0.122. The molecule has 1 aromatic rings. The molecule has 0 N–H and O–H groups in total. The van der Waals surface area contributed by atoms with E-state index in [1.807, 2.05) is 22.6 Å². The fourth-order valence-corrected chi connectivity index (χ4v) is 2.87. The zero-order valence-electron chi connectivity index (χ0n) is 6.38. The van der Waals surface area contributed by atoms with Gasteiger partial charge in [-0.1, -0.05) is 0 Å². The molecule has 7 heteroatoms. The van der Waals surface area contributed by atoms with E-state index in [-0.39, 0.29) is 5.16 Å². The summed E-state index contributed by atoms with van der Waals surface area (Å²) in [6, 6.07) is 0. The third-order valence-corrected chi connectivity index (χ3v) is 5.32. The minimum absolute atomic E-state index is 0.122. The average molecular weight is 412 g/mol. The lowest BCUT2D eigenvalue weighted by Gasteiger charge is -1.97. The zero-order chi connectivity index (χ0) is 9.52. The molecule has 0 amide bonds. The number of aromatic nitrogens is 2. The largest absolute Gasteiger partial charge is 0.313 e. The Labute approximate surface area is 97.9 Å². The van der Waals surface area contributed by atoms with Gasteiger partial charge in [-0.25, -0.2) is 13.4 Å². The first kappa shape index (κ1) is 10.7. The minimum Gasteiger partial charge on any atom is -0.313 e. The molecule has 0 aromatic carbocycles. The smallest absolute Gasteiger partial charge is 0.228 e. The number of rotatable bonds is 1. The van der Waals surface area contributed by atoms with E-state index in [1.165, 1.54) is 0 Å². The van der Waals surface area contributed by atoms with Crippen LogP contribution in [0.15, 0.2) is 5.16 Å². The Morgan fingerprint density at radius 3 is 2.08 bits per heavy atom. The van der Waals surface area contributed by atoms with Gasteiger partial charge in [0.15, 0.2) is 0 Å². The van der Waals surface area contributed by atoms with Crippen LogP contribution >= 0.6 is 45.2 Å². The molecule has 0 saturated carbocycles. The van der Waals surface area contributed by atoms with Crippen molar-refractivity contribution in [2.45, 2.75) is 5.16 Å². The van der Waals surface area contributed by atoms with Crippen molar-refractivity contribution >= 4 is 55.0 Å². The first-order valence-corrected chi connectivity index (χ1v) is 6.96. The highest BCUT2D eigenvalue weighted by Crippen LogP contribution is 2.17. The molecule has 0 saturated heterocycles. The van der Waals surface area contributed by atoms with Crippen LogP contribution in [0.4, 0.5) is 0 Å². The summed E-state index contributed by atoms with van der Waals surface area (Å²) in [6.45, 7) is 0. The second-order valence-electron chi connectivity index (χ2n) is 2.31. The summed E-state index contributed by atoms with van der Waals surface area (Å²) < 4.78 is 25.4. The summed E-state index contributed by atoms with van der Waals surface area (Å²) in [6.07, 6.45) is 1.15. The van der Waals surface area contributed by atoms with E-state index in [0.717, 1.165) is 13.7 Å². The lowest BCUT2D eigenvalue weighted by atomic mass is 10.9. The number of sulfone groups is 1. The Morgan fingerprint density at radius 2 is 1.92 bits per heavy atom. The molecule has 0 atom stereocenters. The van der Waals surface area contributed by atoms with Crippen molar-refractivity contribution in [1.82, 2.24) is 9.55 Å². The van der Waals surface area contributed by atoms with Crippen molar-refractivity contribution in [2.24, 2.45) is 7.05 Å². The maximum Gasteiger partial charge on any atom is 0.228 e. The molecule has 0 spiro atoms. The van der Waals surface area contributed by atoms with Crippen molar-refractivity contribution in [2.75, 3.05) is 6.26 Å². The van der Waals surface area contributed by atoms with Crippen LogP contribution in [0.1, 0.15) is 0 Å². The van der Waals surface area contributed by atoms with Gasteiger partial charge in [-0.3, -0.25) is 0 Å². The first-order chi connectivity index (χ1) is 5.34. The van der Waals surface area contributed by atoms with Crippen LogP contribution < -0.4 is 0 Å². The number of nitrogens with zero attached hydrogens (tertiary/aromatic N) is 2. The van der Waals surface area contributed by atoms with Crippen LogP contribution in [0.25, 0.3) is 0 Å². The van der Waals surface area contributed by atoms with Gasteiger partial charge in [-0.15, -0.1) is 0 Å². The molecule has 68 valence electrons. The maximum atomic E-state index is 11.1. The second-order valence-corrected chi connectivity index (χ2v) is 6.26. The highest BCUT2D eigenvalue weighted by molar-refractivity contribution is 14.1. The van der Waals surface area contributed by atoms with Crippen molar-refractivity contribution in [1.29, 1.82) is 0 Å². The average Bonchev–Trinajstić information content (AvgIpc) is 2.15. The van der Waals surface area contributed by atoms with Gasteiger partial charge >= 0.3 is 0 Å². The number of hydrogen-bond donors (Lipinski definition) is 0. The minimum atomic E-state index is -3.19. The molecular weight excluding hydrogens is 406 g/mol. The van der Waals surface area contributed by atoms with Gasteiger partial charge in [0, 0.05) is 13.3 Å². The molecule has 0 aliphatic heterocycles. The van der Waals surface area contributed by atoms with Crippen LogP contribution in [-0.2, 0) is 16.9 Å². The zero-order valence-corrected chi connectivity index (χ0v) is 11.5. The van der Waals surface area contributed by atoms with E-state index in [2.05, 4.69) is 27.6 Å². The highest BCUT2D eigenvalue weighted by Gasteiger charge is 2.18. The molecule has 1 aromatic heterocycles. The molecule has 4 nitrogen and oxygen atoms in total. The molecule has 0 fully saturated rings. The van der Waals surface area contributed by atoms with Crippen LogP contribution in [0, 0.1) is 7.40 Å². The lowest BCUT2D eigenvalue weighted by molar-refractivity contribution is 0.584. The van der Waals surface area contributed by atoms with Crippen LogP contribution in [0.3, 0.4) is 0 Å². The number of halogens is 2. The van der Waals surface area contributed by atoms with E-state index >= 15 is 0 Å². The fourth-order valence-electron chi connectivity index (χ4n) is 0.759. The predicted molar refractivity (Wildman–Crippen MR) is 61.8 cm³/mol. The third-order valence-electron chi connectivity index (χ3n) is 1.28. The SMILES string of the molecule is Cn1c(S(C)(=O)=O)nc(I)c1I. The molecule has 0 bridgehead atoms. The van der Waals surface area contributed by atoms with Gasteiger partial charge < -0.3 is 4.57 Å². The lowest BCUT2D eigenvalue weighted by Crippen LogP contribution is -2.06. The Balaban J connectivity index is 3.48. The van der Waals surface area contributed by atoms with E-state index in [9.17, 15) is 8.42 Å². The predicted octanol–water partition coefficient (Wildman–Crippen LogP) is 1.03. The summed E-state index contributed by atoms with van der Waals surface area (Å²) in [5.41, 5.74) is 0. The third kappa shape index (κ3) is 1.92. The highest BCUT2D eigenvalue weighted by atomic mass is 127. The van der Waals surface area contributed by atoms with Gasteiger partial charge in [0.05, 0.1) is 0 Å². The van der Waals surface area contributed by atoms with Gasteiger partial charge in [-0.05, 0) is 45.2 Å². The molecule has 0 aliphatic rings. The Bertz CT molecular complexity index is 409. The van der Waals surface area contributed by atoms with Gasteiger partial charge in [0.1, 0.15) is 7.40 Å². The summed E-state index contributed by atoms with van der Waals surface area (Å²) in [4.78, 5) is 3.94. The van der Waals surface area contributed by atoms with E-state index in [4.69, 9.17) is 0 Å². The van der Waals surface area contributed by atoms with E-state index in [1.54, 1.807) is 11.6 Å². The Hall–Kier alpha value is 0.620. The van der Waals surface area contributed by atoms with Crippen LogP contribution in [-0.4, -0.2) is 24.2 Å². The monoisotopic (exact) mass is 412 g/mol. The summed E-state index contributed by atoms with van der Waals surface area (Å²) in [7, 11) is -1.51. The molecule has 12 heavy (non-hydrogen) atoms. The van der Waals surface area contributed by atoms with Gasteiger partial charge in [0.2, 0.25) is 15.0 Å². The Kier molecular flexibility index (Phi) is 3.04. The van der Waals surface area contributed by atoms with Crippen molar-refractivity contribution in [3.05, 3.63) is 7.40 Å². The molecular formula is C5H6I2N2O2S. The maximum absolute atomic E-state index is 11.1. The normalized spacial score (nSPS) is 12.0. The van der Waals surface area contributed by atoms with E-state index in [0.29, 0.717) is 0 Å².